The maximum Gasteiger partial charge on any atom is 0.326 e. The Morgan fingerprint density at radius 1 is 1.32 bits per heavy atom. The maximum absolute atomic E-state index is 12.5. The van der Waals surface area contributed by atoms with Crippen molar-refractivity contribution in [2.24, 2.45) is 0 Å². The van der Waals surface area contributed by atoms with Gasteiger partial charge in [-0.25, -0.2) is 4.79 Å². The van der Waals surface area contributed by atoms with Crippen molar-refractivity contribution in [1.82, 2.24) is 4.90 Å². The Morgan fingerprint density at radius 3 is 2.89 bits per heavy atom. The Balaban J connectivity index is 1.98. The van der Waals surface area contributed by atoms with E-state index in [1.807, 2.05) is 29.6 Å². The molecule has 1 aliphatic heterocycles. The maximum atomic E-state index is 12.5. The average molecular weight is 275 g/mol. The topological polar surface area (TPSA) is 57.6 Å². The predicted octanol–water partition coefficient (Wildman–Crippen LogP) is 2.59. The minimum Gasteiger partial charge on any atom is -0.480 e. The fourth-order valence-electron chi connectivity index (χ4n) is 2.56. The number of carbonyl (C=O) groups is 2. The molecular formula is C14H13NO3S. The number of nitrogens with zero attached hydrogens (tertiary/aromatic N) is 1. The van der Waals surface area contributed by atoms with Crippen LogP contribution in [0.1, 0.15) is 23.2 Å². The van der Waals surface area contributed by atoms with Crippen molar-refractivity contribution in [3.05, 3.63) is 35.2 Å². The number of benzene rings is 1. The van der Waals surface area contributed by atoms with Crippen LogP contribution in [0.2, 0.25) is 0 Å². The molecule has 0 aliphatic carbocycles. The van der Waals surface area contributed by atoms with Gasteiger partial charge in [0.05, 0.1) is 5.56 Å². The van der Waals surface area contributed by atoms with E-state index in [9.17, 15) is 9.59 Å². The summed E-state index contributed by atoms with van der Waals surface area (Å²) in [4.78, 5) is 25.1. The van der Waals surface area contributed by atoms with Gasteiger partial charge in [-0.05, 0) is 18.9 Å². The standard InChI is InChI=1S/C14H13NO3S/c16-13(15-7-3-5-11(15)14(17)18)10-8-19-12-6-2-1-4-9(10)12/h1-2,4,6,8,11H,3,5,7H2,(H,17,18)/t11-/m1/s1. The lowest BCUT2D eigenvalue weighted by atomic mass is 10.1. The fraction of sp³-hybridized carbons (Fsp3) is 0.286. The molecule has 0 unspecified atom stereocenters. The zero-order chi connectivity index (χ0) is 13.4. The first-order chi connectivity index (χ1) is 9.18. The first kappa shape index (κ1) is 12.2. The Bertz CT molecular complexity index is 649. The third-order valence-corrected chi connectivity index (χ3v) is 4.47. The van der Waals surface area contributed by atoms with Crippen LogP contribution in [-0.2, 0) is 4.79 Å². The van der Waals surface area contributed by atoms with Gasteiger partial charge in [0.15, 0.2) is 0 Å². The van der Waals surface area contributed by atoms with E-state index in [-0.39, 0.29) is 5.91 Å². The second-order valence-electron chi connectivity index (χ2n) is 4.64. The average Bonchev–Trinajstić information content (AvgIpc) is 3.05. The van der Waals surface area contributed by atoms with Crippen molar-refractivity contribution < 1.29 is 14.7 Å². The van der Waals surface area contributed by atoms with E-state index in [4.69, 9.17) is 5.11 Å². The highest BCUT2D eigenvalue weighted by Gasteiger charge is 2.35. The molecule has 1 atom stereocenters. The van der Waals surface area contributed by atoms with Crippen molar-refractivity contribution in [1.29, 1.82) is 0 Å². The molecular weight excluding hydrogens is 262 g/mol. The van der Waals surface area contributed by atoms with Crippen LogP contribution in [0.4, 0.5) is 0 Å². The minimum atomic E-state index is -0.912. The second-order valence-corrected chi connectivity index (χ2v) is 5.55. The van der Waals surface area contributed by atoms with Gasteiger partial charge in [0.2, 0.25) is 0 Å². The fourth-order valence-corrected chi connectivity index (χ4v) is 3.50. The van der Waals surface area contributed by atoms with E-state index in [0.29, 0.717) is 18.5 Å². The highest BCUT2D eigenvalue weighted by Crippen LogP contribution is 2.29. The molecule has 1 saturated heterocycles. The lowest BCUT2D eigenvalue weighted by Crippen LogP contribution is -2.40. The van der Waals surface area contributed by atoms with Crippen LogP contribution >= 0.6 is 11.3 Å². The molecule has 0 bridgehead atoms. The molecule has 1 aliphatic rings. The van der Waals surface area contributed by atoms with Crippen LogP contribution in [0.5, 0.6) is 0 Å². The highest BCUT2D eigenvalue weighted by molar-refractivity contribution is 7.17. The van der Waals surface area contributed by atoms with E-state index in [1.54, 1.807) is 0 Å². The monoisotopic (exact) mass is 275 g/mol. The molecule has 2 aromatic rings. The number of thiophene rings is 1. The molecule has 0 radical (unpaired) electrons. The van der Waals surface area contributed by atoms with E-state index < -0.39 is 12.0 Å². The molecule has 1 aromatic heterocycles. The first-order valence-electron chi connectivity index (χ1n) is 6.18. The molecule has 2 heterocycles. The molecule has 1 aromatic carbocycles. The molecule has 98 valence electrons. The summed E-state index contributed by atoms with van der Waals surface area (Å²) in [5.74, 6) is -1.08. The number of carbonyl (C=O) groups excluding carboxylic acids is 1. The lowest BCUT2D eigenvalue weighted by Gasteiger charge is -2.21. The van der Waals surface area contributed by atoms with Crippen molar-refractivity contribution in [2.75, 3.05) is 6.54 Å². The molecule has 0 saturated carbocycles. The van der Waals surface area contributed by atoms with Gasteiger partial charge >= 0.3 is 5.97 Å². The van der Waals surface area contributed by atoms with Crippen molar-refractivity contribution in [3.8, 4) is 0 Å². The van der Waals surface area contributed by atoms with Gasteiger partial charge in [-0.3, -0.25) is 4.79 Å². The molecule has 1 N–H and O–H groups in total. The van der Waals surface area contributed by atoms with Crippen molar-refractivity contribution >= 4 is 33.3 Å². The Kier molecular flexibility index (Phi) is 2.98. The quantitative estimate of drug-likeness (QED) is 0.916. The Morgan fingerprint density at radius 2 is 2.11 bits per heavy atom. The summed E-state index contributed by atoms with van der Waals surface area (Å²) in [5.41, 5.74) is 0.619. The molecule has 4 nitrogen and oxygen atoms in total. The number of amides is 1. The summed E-state index contributed by atoms with van der Waals surface area (Å²) in [7, 11) is 0. The summed E-state index contributed by atoms with van der Waals surface area (Å²) >= 11 is 1.52. The zero-order valence-electron chi connectivity index (χ0n) is 10.2. The summed E-state index contributed by atoms with van der Waals surface area (Å²) in [6.07, 6.45) is 1.30. The van der Waals surface area contributed by atoms with E-state index in [1.165, 1.54) is 16.2 Å². The van der Waals surface area contributed by atoms with E-state index >= 15 is 0 Å². The van der Waals surface area contributed by atoms with Gasteiger partial charge in [0, 0.05) is 22.0 Å². The van der Waals surface area contributed by atoms with Gasteiger partial charge in [-0.1, -0.05) is 18.2 Å². The molecule has 1 amide bonds. The SMILES string of the molecule is O=C(O)[C@H]1CCCN1C(=O)c1csc2ccccc12. The number of carboxylic acid groups (broad SMARTS) is 1. The van der Waals surface area contributed by atoms with Crippen molar-refractivity contribution in [3.63, 3.8) is 0 Å². The van der Waals surface area contributed by atoms with Crippen molar-refractivity contribution in [2.45, 2.75) is 18.9 Å². The summed E-state index contributed by atoms with van der Waals surface area (Å²) in [6.45, 7) is 0.528. The smallest absolute Gasteiger partial charge is 0.326 e. The second kappa shape index (κ2) is 4.66. The zero-order valence-corrected chi connectivity index (χ0v) is 11.0. The number of hydrogen-bond acceptors (Lipinski definition) is 3. The van der Waals surface area contributed by atoms with Crippen LogP contribution in [0, 0.1) is 0 Å². The summed E-state index contributed by atoms with van der Waals surface area (Å²) in [6, 6.07) is 7.03. The molecule has 0 spiro atoms. The van der Waals surface area contributed by atoms with Gasteiger partial charge in [0.25, 0.3) is 5.91 Å². The first-order valence-corrected chi connectivity index (χ1v) is 7.06. The Labute approximate surface area is 114 Å². The van der Waals surface area contributed by atoms with E-state index in [2.05, 4.69) is 0 Å². The number of aliphatic carboxylic acids is 1. The normalized spacial score (nSPS) is 18.9. The third-order valence-electron chi connectivity index (χ3n) is 3.51. The van der Waals surface area contributed by atoms with Crippen LogP contribution in [-0.4, -0.2) is 34.5 Å². The van der Waals surface area contributed by atoms with Crippen LogP contribution < -0.4 is 0 Å². The molecule has 1 fully saturated rings. The molecule has 5 heteroatoms. The Hall–Kier alpha value is -1.88. The highest BCUT2D eigenvalue weighted by atomic mass is 32.1. The summed E-state index contributed by atoms with van der Waals surface area (Å²) in [5, 5.41) is 11.9. The number of fused-ring (bicyclic) bond motifs is 1. The number of carboxylic acids is 1. The molecule has 19 heavy (non-hydrogen) atoms. The minimum absolute atomic E-state index is 0.164. The lowest BCUT2D eigenvalue weighted by molar-refractivity contribution is -0.141. The van der Waals surface area contributed by atoms with Gasteiger partial charge < -0.3 is 10.0 Å². The van der Waals surface area contributed by atoms with Gasteiger partial charge in [-0.2, -0.15) is 0 Å². The summed E-state index contributed by atoms with van der Waals surface area (Å²) < 4.78 is 1.05. The van der Waals surface area contributed by atoms with Crippen LogP contribution in [0.15, 0.2) is 29.6 Å². The van der Waals surface area contributed by atoms with Gasteiger partial charge in [0.1, 0.15) is 6.04 Å². The van der Waals surface area contributed by atoms with E-state index in [0.717, 1.165) is 16.5 Å². The molecule has 3 rings (SSSR count). The van der Waals surface area contributed by atoms with Crippen LogP contribution in [0.25, 0.3) is 10.1 Å². The van der Waals surface area contributed by atoms with Crippen LogP contribution in [0.3, 0.4) is 0 Å². The number of hydrogen-bond donors (Lipinski definition) is 1. The number of rotatable bonds is 2. The number of likely N-dealkylation sites (tertiary alicyclic amines) is 1. The third kappa shape index (κ3) is 2.00. The predicted molar refractivity (Wildman–Crippen MR) is 73.5 cm³/mol. The van der Waals surface area contributed by atoms with Gasteiger partial charge in [-0.15, -0.1) is 11.3 Å². The largest absolute Gasteiger partial charge is 0.480 e.